The van der Waals surface area contributed by atoms with E-state index in [1.54, 1.807) is 6.92 Å². The van der Waals surface area contributed by atoms with Crippen molar-refractivity contribution in [3.8, 4) is 5.75 Å². The van der Waals surface area contributed by atoms with E-state index in [2.05, 4.69) is 15.3 Å². The number of carbonyl (C=O) groups is 1. The molecule has 0 radical (unpaired) electrons. The topological polar surface area (TPSA) is 99.4 Å². The zero-order chi connectivity index (χ0) is 17.4. The molecule has 0 aliphatic rings. The van der Waals surface area contributed by atoms with Gasteiger partial charge >= 0.3 is 5.97 Å². The number of nitrogens with two attached hydrogens (primary N) is 1. The number of esters is 1. The van der Waals surface area contributed by atoms with Crippen molar-refractivity contribution in [2.24, 2.45) is 0 Å². The van der Waals surface area contributed by atoms with Gasteiger partial charge in [-0.15, -0.1) is 0 Å². The Morgan fingerprint density at radius 1 is 1.33 bits per heavy atom. The molecule has 0 amide bonds. The van der Waals surface area contributed by atoms with Gasteiger partial charge in [0.25, 0.3) is 0 Å². The maximum absolute atomic E-state index is 11.2. The van der Waals surface area contributed by atoms with E-state index in [4.69, 9.17) is 26.8 Å². The van der Waals surface area contributed by atoms with Gasteiger partial charge < -0.3 is 20.5 Å². The normalized spacial score (nSPS) is 10.2. The van der Waals surface area contributed by atoms with Crippen LogP contribution in [0.25, 0.3) is 0 Å². The van der Waals surface area contributed by atoms with E-state index in [0.717, 1.165) is 5.69 Å². The molecule has 3 N–H and O–H groups in total. The minimum Gasteiger partial charge on any atom is -0.494 e. The Morgan fingerprint density at radius 2 is 2.08 bits per heavy atom. The molecule has 0 fully saturated rings. The molecule has 0 saturated carbocycles. The van der Waals surface area contributed by atoms with Crippen molar-refractivity contribution < 1.29 is 14.3 Å². The number of nitrogens with one attached hydrogen (secondary N) is 1. The number of benzene rings is 1. The fourth-order valence-electron chi connectivity index (χ4n) is 1.88. The third-order valence-corrected chi connectivity index (χ3v) is 3.19. The zero-order valence-electron chi connectivity index (χ0n) is 13.3. The Morgan fingerprint density at radius 3 is 2.79 bits per heavy atom. The molecule has 2 rings (SSSR count). The SMILES string of the molecule is CCOC(=O)CCCOc1ccc(Nc2nc(Cl)ncc2N)cc1. The number of aromatic nitrogens is 2. The van der Waals surface area contributed by atoms with E-state index >= 15 is 0 Å². The summed E-state index contributed by atoms with van der Waals surface area (Å²) in [4.78, 5) is 19.0. The van der Waals surface area contributed by atoms with Gasteiger partial charge in [-0.3, -0.25) is 4.79 Å². The summed E-state index contributed by atoms with van der Waals surface area (Å²) >= 11 is 5.75. The Hall–Kier alpha value is -2.54. The Balaban J connectivity index is 1.82. The molecule has 7 nitrogen and oxygen atoms in total. The molecule has 1 heterocycles. The van der Waals surface area contributed by atoms with Crippen molar-refractivity contribution in [2.45, 2.75) is 19.8 Å². The van der Waals surface area contributed by atoms with Crippen LogP contribution in [-0.4, -0.2) is 29.2 Å². The predicted octanol–water partition coefficient (Wildman–Crippen LogP) is 3.18. The highest BCUT2D eigenvalue weighted by atomic mass is 35.5. The molecular formula is C16H19ClN4O3. The first kappa shape index (κ1) is 17.8. The zero-order valence-corrected chi connectivity index (χ0v) is 14.0. The van der Waals surface area contributed by atoms with Crippen LogP contribution in [0.3, 0.4) is 0 Å². The average molecular weight is 351 g/mol. The quantitative estimate of drug-likeness (QED) is 0.428. The smallest absolute Gasteiger partial charge is 0.305 e. The van der Waals surface area contributed by atoms with Gasteiger partial charge in [-0.1, -0.05) is 0 Å². The lowest BCUT2D eigenvalue weighted by molar-refractivity contribution is -0.143. The van der Waals surface area contributed by atoms with Crippen molar-refractivity contribution in [1.29, 1.82) is 0 Å². The molecule has 0 unspecified atom stereocenters. The number of hydrogen-bond donors (Lipinski definition) is 2. The van der Waals surface area contributed by atoms with E-state index in [0.29, 0.717) is 43.3 Å². The molecule has 0 aliphatic heterocycles. The third-order valence-electron chi connectivity index (χ3n) is 3.00. The summed E-state index contributed by atoms with van der Waals surface area (Å²) in [6, 6.07) is 7.28. The Bertz CT molecular complexity index is 680. The minimum absolute atomic E-state index is 0.119. The molecule has 1 aromatic heterocycles. The van der Waals surface area contributed by atoms with Crippen molar-refractivity contribution in [3.63, 3.8) is 0 Å². The summed E-state index contributed by atoms with van der Waals surface area (Å²) in [6.07, 6.45) is 2.40. The lowest BCUT2D eigenvalue weighted by atomic mass is 10.3. The van der Waals surface area contributed by atoms with Crippen LogP contribution in [0.5, 0.6) is 5.75 Å². The second-order valence-corrected chi connectivity index (χ2v) is 5.19. The molecule has 0 spiro atoms. The molecule has 0 aliphatic carbocycles. The van der Waals surface area contributed by atoms with Crippen molar-refractivity contribution in [2.75, 3.05) is 24.3 Å². The molecular weight excluding hydrogens is 332 g/mol. The number of nitrogens with zero attached hydrogens (tertiary/aromatic N) is 2. The van der Waals surface area contributed by atoms with Gasteiger partial charge in [-0.25, -0.2) is 4.98 Å². The maximum atomic E-state index is 11.2. The molecule has 0 atom stereocenters. The monoisotopic (exact) mass is 350 g/mol. The second-order valence-electron chi connectivity index (χ2n) is 4.85. The predicted molar refractivity (Wildman–Crippen MR) is 92.5 cm³/mol. The van der Waals surface area contributed by atoms with Crippen LogP contribution in [0.1, 0.15) is 19.8 Å². The minimum atomic E-state index is -0.207. The first-order chi connectivity index (χ1) is 11.6. The van der Waals surface area contributed by atoms with Gasteiger partial charge in [0, 0.05) is 12.1 Å². The number of ether oxygens (including phenoxy) is 2. The van der Waals surface area contributed by atoms with E-state index in [1.165, 1.54) is 6.20 Å². The van der Waals surface area contributed by atoms with E-state index in [9.17, 15) is 4.79 Å². The van der Waals surface area contributed by atoms with Crippen molar-refractivity contribution >= 4 is 34.8 Å². The number of halogens is 1. The first-order valence-electron chi connectivity index (χ1n) is 7.52. The van der Waals surface area contributed by atoms with Gasteiger partial charge in [0.1, 0.15) is 5.75 Å². The summed E-state index contributed by atoms with van der Waals surface area (Å²) in [5.41, 5.74) is 6.97. The Labute approximate surface area is 145 Å². The molecule has 2 aromatic rings. The highest BCUT2D eigenvalue weighted by Gasteiger charge is 2.05. The van der Waals surface area contributed by atoms with Gasteiger partial charge in [0.2, 0.25) is 5.28 Å². The largest absolute Gasteiger partial charge is 0.494 e. The number of anilines is 3. The van der Waals surface area contributed by atoms with E-state index in [-0.39, 0.29) is 11.3 Å². The fraction of sp³-hybridized carbons (Fsp3) is 0.312. The van der Waals surface area contributed by atoms with Gasteiger partial charge in [0.05, 0.1) is 25.1 Å². The molecule has 8 heteroatoms. The number of rotatable bonds is 8. The van der Waals surface area contributed by atoms with Crippen molar-refractivity contribution in [1.82, 2.24) is 9.97 Å². The van der Waals surface area contributed by atoms with Crippen LogP contribution in [0.15, 0.2) is 30.5 Å². The van der Waals surface area contributed by atoms with Gasteiger partial charge in [-0.05, 0) is 49.2 Å². The fourth-order valence-corrected chi connectivity index (χ4v) is 2.01. The highest BCUT2D eigenvalue weighted by molar-refractivity contribution is 6.28. The lowest BCUT2D eigenvalue weighted by Gasteiger charge is -2.10. The summed E-state index contributed by atoms with van der Waals surface area (Å²) in [6.45, 7) is 2.63. The molecule has 128 valence electrons. The number of carbonyl (C=O) groups excluding carboxylic acids is 1. The van der Waals surface area contributed by atoms with Crippen molar-refractivity contribution in [3.05, 3.63) is 35.7 Å². The highest BCUT2D eigenvalue weighted by Crippen LogP contribution is 2.23. The summed E-state index contributed by atoms with van der Waals surface area (Å²) in [7, 11) is 0. The van der Waals surface area contributed by atoms with Crippen LogP contribution < -0.4 is 15.8 Å². The first-order valence-corrected chi connectivity index (χ1v) is 7.90. The second kappa shape index (κ2) is 8.93. The van der Waals surface area contributed by atoms with Crippen LogP contribution >= 0.6 is 11.6 Å². The molecule has 1 aromatic carbocycles. The summed E-state index contributed by atoms with van der Waals surface area (Å²) in [5.74, 6) is 0.943. The maximum Gasteiger partial charge on any atom is 0.305 e. The number of hydrogen-bond acceptors (Lipinski definition) is 7. The van der Waals surface area contributed by atoms with E-state index < -0.39 is 0 Å². The standard InChI is InChI=1S/C16H19ClN4O3/c1-2-23-14(22)4-3-9-24-12-7-5-11(6-8-12)20-15-13(18)10-19-16(17)21-15/h5-8,10H,2-4,9,18H2,1H3,(H,19,20,21). The molecule has 0 saturated heterocycles. The molecule has 24 heavy (non-hydrogen) atoms. The van der Waals surface area contributed by atoms with Gasteiger partial charge in [-0.2, -0.15) is 4.98 Å². The Kier molecular flexibility index (Phi) is 6.62. The number of nitrogen functional groups attached to an aromatic ring is 1. The lowest BCUT2D eigenvalue weighted by Crippen LogP contribution is -2.06. The van der Waals surface area contributed by atoms with Crippen LogP contribution in [0.2, 0.25) is 5.28 Å². The average Bonchev–Trinajstić information content (AvgIpc) is 2.57. The van der Waals surface area contributed by atoms with Gasteiger partial charge in [0.15, 0.2) is 5.82 Å². The summed E-state index contributed by atoms with van der Waals surface area (Å²) < 4.78 is 10.4. The molecule has 0 bridgehead atoms. The third kappa shape index (κ3) is 5.58. The van der Waals surface area contributed by atoms with Crippen LogP contribution in [-0.2, 0) is 9.53 Å². The summed E-state index contributed by atoms with van der Waals surface area (Å²) in [5, 5.41) is 3.18. The van der Waals surface area contributed by atoms with E-state index in [1.807, 2.05) is 24.3 Å². The van der Waals surface area contributed by atoms with Crippen LogP contribution in [0, 0.1) is 0 Å². The van der Waals surface area contributed by atoms with Crippen LogP contribution in [0.4, 0.5) is 17.2 Å².